The molecule has 0 aromatic carbocycles. The number of hydrogen-bond donors (Lipinski definition) is 2. The van der Waals surface area contributed by atoms with Gasteiger partial charge in [0.25, 0.3) is 0 Å². The summed E-state index contributed by atoms with van der Waals surface area (Å²) in [5, 5.41) is 8.90. The fourth-order valence-electron chi connectivity index (χ4n) is 1.76. The van der Waals surface area contributed by atoms with Gasteiger partial charge in [0.1, 0.15) is 0 Å². The first-order valence-corrected chi connectivity index (χ1v) is 5.19. The second-order valence-electron chi connectivity index (χ2n) is 3.53. The quantitative estimate of drug-likeness (QED) is 0.543. The van der Waals surface area contributed by atoms with Gasteiger partial charge in [-0.25, -0.2) is 9.59 Å². The van der Waals surface area contributed by atoms with Gasteiger partial charge in [-0.05, 0) is 19.8 Å². The largest absolute Gasteiger partial charge is 0.465 e. The highest BCUT2D eigenvalue weighted by molar-refractivity contribution is 5.83. The molecule has 1 aliphatic heterocycles. The molecular weight excluding hydrogens is 212 g/mol. The molecule has 0 radical (unpaired) electrons. The van der Waals surface area contributed by atoms with Gasteiger partial charge in [-0.15, -0.1) is 0 Å². The number of carboxylic acid groups (broad SMARTS) is 1. The van der Waals surface area contributed by atoms with E-state index in [1.165, 1.54) is 4.90 Å². The predicted molar refractivity (Wildman–Crippen MR) is 56.7 cm³/mol. The topological polar surface area (TPSA) is 92.9 Å². The molecule has 1 saturated heterocycles. The summed E-state index contributed by atoms with van der Waals surface area (Å²) in [6.45, 7) is 2.42. The van der Waals surface area contributed by atoms with Gasteiger partial charge in [0, 0.05) is 18.3 Å². The van der Waals surface area contributed by atoms with Crippen LogP contribution in [-0.2, 0) is 9.53 Å². The maximum Gasteiger partial charge on any atom is 0.407 e. The summed E-state index contributed by atoms with van der Waals surface area (Å²) in [7, 11) is 0. The summed E-state index contributed by atoms with van der Waals surface area (Å²) in [5.74, 6) is -0.530. The lowest BCUT2D eigenvalue weighted by Crippen LogP contribution is -2.38. The zero-order valence-corrected chi connectivity index (χ0v) is 9.18. The number of carbonyl (C=O) groups excluding carboxylic acids is 1. The van der Waals surface area contributed by atoms with Gasteiger partial charge in [0.2, 0.25) is 0 Å². The highest BCUT2D eigenvalue weighted by Crippen LogP contribution is 2.21. The molecule has 1 heterocycles. The highest BCUT2D eigenvalue weighted by Gasteiger charge is 2.30. The minimum absolute atomic E-state index is 0.248. The van der Waals surface area contributed by atoms with Crippen LogP contribution in [-0.4, -0.2) is 41.3 Å². The number of likely N-dealkylation sites (tertiary alicyclic amines) is 1. The van der Waals surface area contributed by atoms with Crippen LogP contribution in [0.4, 0.5) is 4.79 Å². The molecule has 0 aromatic rings. The molecule has 1 fully saturated rings. The number of amides is 1. The van der Waals surface area contributed by atoms with E-state index in [9.17, 15) is 9.59 Å². The third-order valence-corrected chi connectivity index (χ3v) is 2.45. The monoisotopic (exact) mass is 228 g/mol. The van der Waals surface area contributed by atoms with E-state index in [2.05, 4.69) is 0 Å². The van der Waals surface area contributed by atoms with E-state index in [0.717, 1.165) is 12.5 Å². The lowest BCUT2D eigenvalue weighted by atomic mass is 10.1. The molecule has 16 heavy (non-hydrogen) atoms. The Labute approximate surface area is 93.7 Å². The molecule has 1 amide bonds. The standard InChI is InChI=1S/C10H16N2O4/c1-2-16-9(13)6-7(11)8-4-3-5-12(8)10(14)15/h6,8H,2-5,11H2,1H3,(H,14,15)/b7-6-/t8-/m1/s1. The van der Waals surface area contributed by atoms with Crippen LogP contribution < -0.4 is 5.73 Å². The molecule has 3 N–H and O–H groups in total. The summed E-state index contributed by atoms with van der Waals surface area (Å²) in [6.07, 6.45) is 1.56. The van der Waals surface area contributed by atoms with E-state index in [0.29, 0.717) is 13.0 Å². The molecule has 0 aromatic heterocycles. The maximum absolute atomic E-state index is 11.1. The van der Waals surface area contributed by atoms with E-state index in [-0.39, 0.29) is 12.3 Å². The Bertz CT molecular complexity index is 314. The number of carbonyl (C=O) groups is 2. The fraction of sp³-hybridized carbons (Fsp3) is 0.600. The summed E-state index contributed by atoms with van der Waals surface area (Å²) >= 11 is 0. The number of esters is 1. The van der Waals surface area contributed by atoms with Gasteiger partial charge < -0.3 is 15.6 Å². The number of hydrogen-bond acceptors (Lipinski definition) is 4. The van der Waals surface area contributed by atoms with E-state index >= 15 is 0 Å². The van der Waals surface area contributed by atoms with Crippen molar-refractivity contribution in [2.45, 2.75) is 25.8 Å². The lowest BCUT2D eigenvalue weighted by molar-refractivity contribution is -0.137. The van der Waals surface area contributed by atoms with Crippen molar-refractivity contribution in [3.8, 4) is 0 Å². The van der Waals surface area contributed by atoms with Crippen molar-refractivity contribution < 1.29 is 19.4 Å². The molecule has 1 atom stereocenters. The van der Waals surface area contributed by atoms with E-state index in [4.69, 9.17) is 15.6 Å². The summed E-state index contributed by atoms with van der Waals surface area (Å²) in [5.41, 5.74) is 5.94. The van der Waals surface area contributed by atoms with Crippen molar-refractivity contribution in [1.29, 1.82) is 0 Å². The van der Waals surface area contributed by atoms with Crippen LogP contribution in [0.5, 0.6) is 0 Å². The van der Waals surface area contributed by atoms with Crippen molar-refractivity contribution in [2.75, 3.05) is 13.2 Å². The Hall–Kier alpha value is -1.72. The molecule has 6 nitrogen and oxygen atoms in total. The van der Waals surface area contributed by atoms with Crippen LogP contribution in [0, 0.1) is 0 Å². The van der Waals surface area contributed by atoms with Crippen LogP contribution in [0.1, 0.15) is 19.8 Å². The average Bonchev–Trinajstić information content (AvgIpc) is 2.65. The van der Waals surface area contributed by atoms with Gasteiger partial charge >= 0.3 is 12.1 Å². The van der Waals surface area contributed by atoms with Crippen molar-refractivity contribution in [2.24, 2.45) is 5.73 Å². The van der Waals surface area contributed by atoms with Gasteiger partial charge in [-0.1, -0.05) is 0 Å². The first-order valence-electron chi connectivity index (χ1n) is 5.19. The Kier molecular flexibility index (Phi) is 4.16. The first-order chi connectivity index (χ1) is 7.56. The molecule has 6 heteroatoms. The van der Waals surface area contributed by atoms with Crippen LogP contribution in [0.2, 0.25) is 0 Å². The molecular formula is C10H16N2O4. The molecule has 0 spiro atoms. The molecule has 0 saturated carbocycles. The maximum atomic E-state index is 11.1. The SMILES string of the molecule is CCOC(=O)/C=C(\N)[C@H]1CCCN1C(=O)O. The number of ether oxygens (including phenoxy) is 1. The van der Waals surface area contributed by atoms with Gasteiger partial charge in [0.05, 0.1) is 12.6 Å². The summed E-state index contributed by atoms with van der Waals surface area (Å²) in [4.78, 5) is 23.2. The Morgan fingerprint density at radius 2 is 2.31 bits per heavy atom. The molecule has 0 bridgehead atoms. The average molecular weight is 228 g/mol. The summed E-state index contributed by atoms with van der Waals surface area (Å²) < 4.78 is 4.71. The highest BCUT2D eigenvalue weighted by atomic mass is 16.5. The number of nitrogens with two attached hydrogens (primary N) is 1. The number of nitrogens with zero attached hydrogens (tertiary/aromatic N) is 1. The molecule has 1 rings (SSSR count). The zero-order chi connectivity index (χ0) is 12.1. The molecule has 0 unspecified atom stereocenters. The Morgan fingerprint density at radius 3 is 2.88 bits per heavy atom. The number of rotatable bonds is 3. The second-order valence-corrected chi connectivity index (χ2v) is 3.53. The smallest absolute Gasteiger partial charge is 0.407 e. The van der Waals surface area contributed by atoms with Crippen molar-refractivity contribution in [1.82, 2.24) is 4.90 Å². The molecule has 0 aliphatic carbocycles. The zero-order valence-electron chi connectivity index (χ0n) is 9.18. The van der Waals surface area contributed by atoms with Crippen molar-refractivity contribution in [3.63, 3.8) is 0 Å². The fourth-order valence-corrected chi connectivity index (χ4v) is 1.76. The minimum atomic E-state index is -1.01. The second kappa shape index (κ2) is 5.39. The van der Waals surface area contributed by atoms with E-state index < -0.39 is 18.1 Å². The predicted octanol–water partition coefficient (Wildman–Crippen LogP) is 0.534. The molecule has 90 valence electrons. The lowest BCUT2D eigenvalue weighted by Gasteiger charge is -2.21. The van der Waals surface area contributed by atoms with Crippen LogP contribution in [0.15, 0.2) is 11.8 Å². The third kappa shape index (κ3) is 2.88. The van der Waals surface area contributed by atoms with E-state index in [1.807, 2.05) is 0 Å². The van der Waals surface area contributed by atoms with Crippen LogP contribution >= 0.6 is 0 Å². The van der Waals surface area contributed by atoms with Crippen LogP contribution in [0.3, 0.4) is 0 Å². The normalized spacial score (nSPS) is 20.9. The van der Waals surface area contributed by atoms with Gasteiger partial charge in [-0.3, -0.25) is 4.90 Å². The molecule has 1 aliphatic rings. The third-order valence-electron chi connectivity index (χ3n) is 2.45. The first kappa shape index (κ1) is 12.4. The minimum Gasteiger partial charge on any atom is -0.465 e. The summed E-state index contributed by atoms with van der Waals surface area (Å²) in [6, 6.07) is -0.401. The van der Waals surface area contributed by atoms with E-state index in [1.54, 1.807) is 6.92 Å². The van der Waals surface area contributed by atoms with Crippen molar-refractivity contribution in [3.05, 3.63) is 11.8 Å². The Balaban J connectivity index is 2.68. The van der Waals surface area contributed by atoms with Crippen molar-refractivity contribution >= 4 is 12.1 Å². The van der Waals surface area contributed by atoms with Gasteiger partial charge in [0.15, 0.2) is 0 Å². The Morgan fingerprint density at radius 1 is 1.62 bits per heavy atom. The van der Waals surface area contributed by atoms with Crippen LogP contribution in [0.25, 0.3) is 0 Å². The van der Waals surface area contributed by atoms with Gasteiger partial charge in [-0.2, -0.15) is 0 Å².